The van der Waals surface area contributed by atoms with Gasteiger partial charge in [0.25, 0.3) is 5.91 Å². The number of aryl methyl sites for hydroxylation is 1. The van der Waals surface area contributed by atoms with Gasteiger partial charge in [0.1, 0.15) is 11.6 Å². The van der Waals surface area contributed by atoms with Crippen molar-refractivity contribution in [2.24, 2.45) is 5.92 Å². The Balaban J connectivity index is 1.39. The van der Waals surface area contributed by atoms with Crippen molar-refractivity contribution in [3.05, 3.63) is 83.2 Å². The van der Waals surface area contributed by atoms with Gasteiger partial charge in [-0.05, 0) is 74.2 Å². The second-order valence-electron chi connectivity index (χ2n) is 7.57. The summed E-state index contributed by atoms with van der Waals surface area (Å²) >= 11 is 0. The summed E-state index contributed by atoms with van der Waals surface area (Å²) in [4.78, 5) is 16.8. The SMILES string of the molecule is Cc1nccn1-c1ccc(CNC(=O)c2cc(CC3CCNC3)ccc2F)cc1. The van der Waals surface area contributed by atoms with Crippen LogP contribution < -0.4 is 10.6 Å². The summed E-state index contributed by atoms with van der Waals surface area (Å²) < 4.78 is 16.2. The fourth-order valence-electron chi connectivity index (χ4n) is 3.80. The molecule has 0 saturated carbocycles. The number of benzene rings is 2. The molecule has 1 aliphatic heterocycles. The fraction of sp³-hybridized carbons (Fsp3) is 0.304. The molecule has 1 fully saturated rings. The van der Waals surface area contributed by atoms with Gasteiger partial charge in [0.05, 0.1) is 5.56 Å². The number of carbonyl (C=O) groups excluding carboxylic acids is 1. The number of amides is 1. The van der Waals surface area contributed by atoms with Crippen LogP contribution in [0.25, 0.3) is 5.69 Å². The number of nitrogens with zero attached hydrogens (tertiary/aromatic N) is 2. The molecule has 1 amide bonds. The summed E-state index contributed by atoms with van der Waals surface area (Å²) in [5.74, 6) is 0.592. The quantitative estimate of drug-likeness (QED) is 0.676. The average molecular weight is 392 g/mol. The third kappa shape index (κ3) is 4.54. The van der Waals surface area contributed by atoms with Crippen molar-refractivity contribution in [1.82, 2.24) is 20.2 Å². The predicted octanol–water partition coefficient (Wildman–Crippen LogP) is 3.40. The van der Waals surface area contributed by atoms with E-state index in [1.54, 1.807) is 18.3 Å². The molecule has 3 aromatic rings. The Hall–Kier alpha value is -2.99. The molecule has 0 radical (unpaired) electrons. The Kier molecular flexibility index (Phi) is 5.71. The van der Waals surface area contributed by atoms with Crippen molar-refractivity contribution < 1.29 is 9.18 Å². The van der Waals surface area contributed by atoms with E-state index in [2.05, 4.69) is 15.6 Å². The molecule has 29 heavy (non-hydrogen) atoms. The number of hydrogen-bond donors (Lipinski definition) is 2. The van der Waals surface area contributed by atoms with Gasteiger partial charge < -0.3 is 15.2 Å². The van der Waals surface area contributed by atoms with E-state index in [4.69, 9.17) is 0 Å². The largest absolute Gasteiger partial charge is 0.348 e. The standard InChI is InChI=1S/C23H25FN4O/c1-16-26-10-11-28(16)20-5-2-17(3-6-20)15-27-23(29)21-13-18(4-7-22(21)24)12-19-8-9-25-14-19/h2-7,10-11,13,19,25H,8-9,12,14-15H2,1H3,(H,27,29). The van der Waals surface area contributed by atoms with E-state index in [1.807, 2.05) is 42.0 Å². The van der Waals surface area contributed by atoms with Crippen molar-refractivity contribution in [2.75, 3.05) is 13.1 Å². The van der Waals surface area contributed by atoms with Gasteiger partial charge in [-0.2, -0.15) is 0 Å². The molecule has 1 aromatic heterocycles. The van der Waals surface area contributed by atoms with Gasteiger partial charge in [-0.3, -0.25) is 4.79 Å². The molecule has 4 rings (SSSR count). The first-order chi connectivity index (χ1) is 14.1. The van der Waals surface area contributed by atoms with Crippen LogP contribution in [0.3, 0.4) is 0 Å². The van der Waals surface area contributed by atoms with Gasteiger partial charge in [0.15, 0.2) is 0 Å². The van der Waals surface area contributed by atoms with Crippen LogP contribution in [0.15, 0.2) is 54.9 Å². The van der Waals surface area contributed by atoms with E-state index in [0.717, 1.165) is 48.6 Å². The zero-order valence-electron chi connectivity index (χ0n) is 16.5. The van der Waals surface area contributed by atoms with Crippen LogP contribution in [0, 0.1) is 18.7 Å². The number of imidazole rings is 1. The average Bonchev–Trinajstić information content (AvgIpc) is 3.40. The lowest BCUT2D eigenvalue weighted by Gasteiger charge is -2.11. The second kappa shape index (κ2) is 8.57. The van der Waals surface area contributed by atoms with E-state index in [1.165, 1.54) is 6.07 Å². The molecule has 150 valence electrons. The molecule has 2 heterocycles. The minimum absolute atomic E-state index is 0.110. The van der Waals surface area contributed by atoms with Crippen LogP contribution in [-0.2, 0) is 13.0 Å². The van der Waals surface area contributed by atoms with Gasteiger partial charge in [-0.25, -0.2) is 9.37 Å². The number of halogens is 1. The highest BCUT2D eigenvalue weighted by Gasteiger charge is 2.17. The first-order valence-corrected chi connectivity index (χ1v) is 9.97. The maximum atomic E-state index is 14.2. The molecular weight excluding hydrogens is 367 g/mol. The molecular formula is C23H25FN4O. The normalized spacial score (nSPS) is 16.1. The molecule has 0 bridgehead atoms. The van der Waals surface area contributed by atoms with Crippen molar-refractivity contribution in [1.29, 1.82) is 0 Å². The lowest BCUT2D eigenvalue weighted by Crippen LogP contribution is -2.24. The number of aromatic nitrogens is 2. The van der Waals surface area contributed by atoms with E-state index in [9.17, 15) is 9.18 Å². The number of rotatable bonds is 6. The van der Waals surface area contributed by atoms with Crippen LogP contribution in [0.1, 0.15) is 33.7 Å². The van der Waals surface area contributed by atoms with Crippen LogP contribution >= 0.6 is 0 Å². The number of hydrogen-bond acceptors (Lipinski definition) is 3. The summed E-state index contributed by atoms with van der Waals surface area (Å²) in [7, 11) is 0. The Morgan fingerprint density at radius 3 is 2.72 bits per heavy atom. The molecule has 2 aromatic carbocycles. The third-order valence-electron chi connectivity index (χ3n) is 5.46. The topological polar surface area (TPSA) is 59.0 Å². The van der Waals surface area contributed by atoms with E-state index < -0.39 is 5.82 Å². The lowest BCUT2D eigenvalue weighted by molar-refractivity contribution is 0.0946. The smallest absolute Gasteiger partial charge is 0.254 e. The highest BCUT2D eigenvalue weighted by molar-refractivity contribution is 5.94. The molecule has 1 saturated heterocycles. The van der Waals surface area contributed by atoms with Crippen molar-refractivity contribution in [3.63, 3.8) is 0 Å². The second-order valence-corrected chi connectivity index (χ2v) is 7.57. The van der Waals surface area contributed by atoms with Crippen LogP contribution in [-0.4, -0.2) is 28.5 Å². The Labute approximate surface area is 170 Å². The molecule has 0 aliphatic carbocycles. The molecule has 1 unspecified atom stereocenters. The molecule has 6 heteroatoms. The first-order valence-electron chi connectivity index (χ1n) is 9.97. The van der Waals surface area contributed by atoms with Gasteiger partial charge in [0.2, 0.25) is 0 Å². The molecule has 1 aliphatic rings. The van der Waals surface area contributed by atoms with Crippen molar-refractivity contribution in [2.45, 2.75) is 26.3 Å². The van der Waals surface area contributed by atoms with Gasteiger partial charge in [0, 0.05) is 24.6 Å². The minimum Gasteiger partial charge on any atom is -0.348 e. The lowest BCUT2D eigenvalue weighted by atomic mass is 9.97. The highest BCUT2D eigenvalue weighted by atomic mass is 19.1. The van der Waals surface area contributed by atoms with Crippen LogP contribution in [0.4, 0.5) is 4.39 Å². The Morgan fingerprint density at radius 2 is 2.03 bits per heavy atom. The van der Waals surface area contributed by atoms with Gasteiger partial charge >= 0.3 is 0 Å². The zero-order valence-corrected chi connectivity index (χ0v) is 16.5. The van der Waals surface area contributed by atoms with Crippen LogP contribution in [0.5, 0.6) is 0 Å². The van der Waals surface area contributed by atoms with Crippen LogP contribution in [0.2, 0.25) is 0 Å². The van der Waals surface area contributed by atoms with E-state index in [-0.39, 0.29) is 11.5 Å². The fourth-order valence-corrected chi connectivity index (χ4v) is 3.80. The third-order valence-corrected chi connectivity index (χ3v) is 5.46. The summed E-state index contributed by atoms with van der Waals surface area (Å²) in [6, 6.07) is 12.7. The monoisotopic (exact) mass is 392 g/mol. The van der Waals surface area contributed by atoms with Gasteiger partial charge in [-0.15, -0.1) is 0 Å². The molecule has 5 nitrogen and oxygen atoms in total. The maximum absolute atomic E-state index is 14.2. The number of nitrogens with one attached hydrogen (secondary N) is 2. The number of carbonyl (C=O) groups is 1. The Morgan fingerprint density at radius 1 is 1.24 bits per heavy atom. The molecule has 2 N–H and O–H groups in total. The van der Waals surface area contributed by atoms with E-state index >= 15 is 0 Å². The summed E-state index contributed by atoms with van der Waals surface area (Å²) in [5.41, 5.74) is 3.08. The Bertz CT molecular complexity index is 990. The minimum atomic E-state index is -0.485. The van der Waals surface area contributed by atoms with E-state index in [0.29, 0.717) is 12.5 Å². The van der Waals surface area contributed by atoms with Crippen molar-refractivity contribution >= 4 is 5.91 Å². The molecule has 1 atom stereocenters. The zero-order chi connectivity index (χ0) is 20.2. The summed E-state index contributed by atoms with van der Waals surface area (Å²) in [6.45, 7) is 4.30. The predicted molar refractivity (Wildman–Crippen MR) is 111 cm³/mol. The first kappa shape index (κ1) is 19.3. The molecule has 0 spiro atoms. The summed E-state index contributed by atoms with van der Waals surface area (Å²) in [6.07, 6.45) is 5.65. The highest BCUT2D eigenvalue weighted by Crippen LogP contribution is 2.18. The maximum Gasteiger partial charge on any atom is 0.254 e. The van der Waals surface area contributed by atoms with Crippen molar-refractivity contribution in [3.8, 4) is 5.69 Å². The summed E-state index contributed by atoms with van der Waals surface area (Å²) in [5, 5.41) is 6.17. The van der Waals surface area contributed by atoms with Gasteiger partial charge in [-0.1, -0.05) is 18.2 Å².